The highest BCUT2D eigenvalue weighted by atomic mass is 32.2. The van der Waals surface area contributed by atoms with Crippen LogP contribution in [0.2, 0.25) is 0 Å². The number of benzene rings is 2. The second-order valence-corrected chi connectivity index (χ2v) is 8.82. The van der Waals surface area contributed by atoms with Crippen LogP contribution in [0.25, 0.3) is 0 Å². The molecule has 1 unspecified atom stereocenters. The topological polar surface area (TPSA) is 100 Å². The minimum absolute atomic E-state index is 0.00841. The van der Waals surface area contributed by atoms with Gasteiger partial charge in [0.05, 0.1) is 15.6 Å². The van der Waals surface area contributed by atoms with E-state index in [4.69, 9.17) is 0 Å². The zero-order chi connectivity index (χ0) is 17.6. The molecule has 24 heavy (non-hydrogen) atoms. The van der Waals surface area contributed by atoms with Crippen LogP contribution in [0.15, 0.2) is 64.4 Å². The van der Waals surface area contributed by atoms with Crippen LogP contribution in [0.5, 0.6) is 0 Å². The fourth-order valence-electron chi connectivity index (χ4n) is 2.11. The number of nitro benzene ring substituents is 1. The molecule has 0 aliphatic heterocycles. The van der Waals surface area contributed by atoms with E-state index in [0.29, 0.717) is 28.4 Å². The van der Waals surface area contributed by atoms with Gasteiger partial charge in [0.2, 0.25) is 0 Å². The quantitative estimate of drug-likeness (QED) is 0.309. The Labute approximate surface area is 143 Å². The summed E-state index contributed by atoms with van der Waals surface area (Å²) in [7, 11) is -3.31. The largest absolute Gasteiger partial charge is 0.611 e. The van der Waals surface area contributed by atoms with Crippen molar-refractivity contribution in [2.75, 3.05) is 11.5 Å². The van der Waals surface area contributed by atoms with E-state index in [1.54, 1.807) is 30.3 Å². The molecule has 0 fully saturated rings. The molecular weight excluding hydrogens is 350 g/mol. The van der Waals surface area contributed by atoms with Gasteiger partial charge in [0.25, 0.3) is 5.69 Å². The minimum Gasteiger partial charge on any atom is -0.611 e. The monoisotopic (exact) mass is 367 g/mol. The summed E-state index contributed by atoms with van der Waals surface area (Å²) < 4.78 is 36.3. The Kier molecular flexibility index (Phi) is 6.36. The molecule has 0 amide bonds. The zero-order valence-electron chi connectivity index (χ0n) is 12.8. The van der Waals surface area contributed by atoms with Gasteiger partial charge in [-0.15, -0.1) is 0 Å². The molecule has 6 nitrogen and oxygen atoms in total. The van der Waals surface area contributed by atoms with Crippen molar-refractivity contribution < 1.29 is 17.9 Å². The number of rotatable bonds is 8. The third kappa shape index (κ3) is 5.05. The number of nitro groups is 1. The lowest BCUT2D eigenvalue weighted by Gasteiger charge is -2.10. The second-order valence-electron chi connectivity index (χ2n) is 5.14. The first-order valence-corrected chi connectivity index (χ1v) is 10.3. The van der Waals surface area contributed by atoms with E-state index in [2.05, 4.69) is 0 Å². The van der Waals surface area contributed by atoms with Crippen LogP contribution in [0.1, 0.15) is 12.8 Å². The first-order chi connectivity index (χ1) is 11.4. The lowest BCUT2D eigenvalue weighted by Crippen LogP contribution is -2.11. The summed E-state index contributed by atoms with van der Waals surface area (Å²) in [5, 5.41) is 10.6. The average Bonchev–Trinajstić information content (AvgIpc) is 2.59. The first-order valence-electron chi connectivity index (χ1n) is 7.31. The van der Waals surface area contributed by atoms with Crippen molar-refractivity contribution in [3.8, 4) is 0 Å². The Hall–Kier alpha value is -1.90. The van der Waals surface area contributed by atoms with E-state index in [1.807, 2.05) is 0 Å². The summed E-state index contributed by atoms with van der Waals surface area (Å²) in [6.07, 6.45) is 0.908. The molecular formula is C16H17NO5S2. The van der Waals surface area contributed by atoms with Gasteiger partial charge < -0.3 is 4.55 Å². The minimum atomic E-state index is -3.31. The number of sulfone groups is 1. The van der Waals surface area contributed by atoms with E-state index in [1.165, 1.54) is 24.3 Å². The highest BCUT2D eigenvalue weighted by Crippen LogP contribution is 2.18. The number of non-ortho nitro benzene ring substituents is 1. The van der Waals surface area contributed by atoms with Gasteiger partial charge in [-0.3, -0.25) is 10.1 Å². The average molecular weight is 367 g/mol. The van der Waals surface area contributed by atoms with Crippen LogP contribution in [0.4, 0.5) is 5.69 Å². The molecule has 8 heteroatoms. The van der Waals surface area contributed by atoms with E-state index in [-0.39, 0.29) is 11.4 Å². The Bertz CT molecular complexity index is 776. The fourth-order valence-corrected chi connectivity index (χ4v) is 4.64. The van der Waals surface area contributed by atoms with Crippen molar-refractivity contribution >= 4 is 26.7 Å². The Morgan fingerprint density at radius 2 is 1.58 bits per heavy atom. The maximum atomic E-state index is 12.1. The fraction of sp³-hybridized carbons (Fsp3) is 0.250. The summed E-state index contributed by atoms with van der Waals surface area (Å²) in [5.41, 5.74) is -0.0512. The Balaban J connectivity index is 1.82. The van der Waals surface area contributed by atoms with Gasteiger partial charge in [0.1, 0.15) is 5.75 Å². The van der Waals surface area contributed by atoms with Crippen molar-refractivity contribution in [1.29, 1.82) is 0 Å². The molecule has 0 bridgehead atoms. The molecule has 0 saturated heterocycles. The van der Waals surface area contributed by atoms with E-state index < -0.39 is 25.9 Å². The molecule has 0 aliphatic rings. The summed E-state index contributed by atoms with van der Waals surface area (Å²) in [5.74, 6) is 0.330. The third-order valence-corrected chi connectivity index (χ3v) is 6.68. The summed E-state index contributed by atoms with van der Waals surface area (Å²) in [4.78, 5) is 10.9. The van der Waals surface area contributed by atoms with E-state index in [0.717, 1.165) is 0 Å². The molecule has 0 aliphatic carbocycles. The SMILES string of the molecule is O=[N+]([O-])c1ccc([S+]([O-])CCCCS(=O)(=O)c2ccccc2)cc1. The number of unbranched alkanes of at least 4 members (excludes halogenated alkanes) is 1. The molecule has 2 rings (SSSR count). The van der Waals surface area contributed by atoms with Crippen molar-refractivity contribution in [2.24, 2.45) is 0 Å². The van der Waals surface area contributed by atoms with E-state index in [9.17, 15) is 23.1 Å². The van der Waals surface area contributed by atoms with Crippen LogP contribution in [-0.4, -0.2) is 29.4 Å². The van der Waals surface area contributed by atoms with Crippen LogP contribution < -0.4 is 0 Å². The number of hydrogen-bond acceptors (Lipinski definition) is 5. The molecule has 0 spiro atoms. The van der Waals surface area contributed by atoms with Crippen LogP contribution in [0, 0.1) is 10.1 Å². The molecule has 2 aromatic carbocycles. The smallest absolute Gasteiger partial charge is 0.269 e. The lowest BCUT2D eigenvalue weighted by atomic mass is 10.3. The van der Waals surface area contributed by atoms with Crippen molar-refractivity contribution in [3.63, 3.8) is 0 Å². The van der Waals surface area contributed by atoms with Crippen molar-refractivity contribution in [2.45, 2.75) is 22.6 Å². The van der Waals surface area contributed by atoms with Gasteiger partial charge in [-0.2, -0.15) is 0 Å². The van der Waals surface area contributed by atoms with Crippen LogP contribution >= 0.6 is 0 Å². The lowest BCUT2D eigenvalue weighted by molar-refractivity contribution is -0.384. The molecule has 0 radical (unpaired) electrons. The van der Waals surface area contributed by atoms with Gasteiger partial charge in [-0.05, 0) is 48.3 Å². The highest BCUT2D eigenvalue weighted by Gasteiger charge is 2.16. The van der Waals surface area contributed by atoms with Gasteiger partial charge in [-0.1, -0.05) is 18.2 Å². The highest BCUT2D eigenvalue weighted by molar-refractivity contribution is 7.91. The van der Waals surface area contributed by atoms with Gasteiger partial charge >= 0.3 is 0 Å². The maximum Gasteiger partial charge on any atom is 0.269 e. The molecule has 2 aromatic rings. The number of hydrogen-bond donors (Lipinski definition) is 0. The van der Waals surface area contributed by atoms with Gasteiger partial charge in [0, 0.05) is 12.1 Å². The Morgan fingerprint density at radius 1 is 0.958 bits per heavy atom. The molecule has 128 valence electrons. The maximum absolute atomic E-state index is 12.1. The second kappa shape index (κ2) is 8.27. The normalized spacial score (nSPS) is 12.7. The Morgan fingerprint density at radius 3 is 2.17 bits per heavy atom. The van der Waals surface area contributed by atoms with Crippen LogP contribution in [-0.2, 0) is 21.0 Å². The first kappa shape index (κ1) is 18.4. The molecule has 1 atom stereocenters. The summed E-state index contributed by atoms with van der Waals surface area (Å²) in [6, 6.07) is 13.8. The molecule has 0 N–H and O–H groups in total. The third-order valence-electron chi connectivity index (χ3n) is 3.41. The predicted octanol–water partition coefficient (Wildman–Crippen LogP) is 2.96. The van der Waals surface area contributed by atoms with Crippen LogP contribution in [0.3, 0.4) is 0 Å². The van der Waals surface area contributed by atoms with Gasteiger partial charge in [0.15, 0.2) is 14.7 Å². The number of nitrogens with zero attached hydrogens (tertiary/aromatic N) is 1. The van der Waals surface area contributed by atoms with E-state index >= 15 is 0 Å². The molecule has 0 saturated carbocycles. The molecule has 0 heterocycles. The summed E-state index contributed by atoms with van der Waals surface area (Å²) in [6.45, 7) is 0. The van der Waals surface area contributed by atoms with Crippen molar-refractivity contribution in [1.82, 2.24) is 0 Å². The standard InChI is InChI=1S/C16H17NO5S2/c18-17(19)14-8-10-15(11-9-14)23(20)12-4-5-13-24(21,22)16-6-2-1-3-7-16/h1-3,6-11H,4-5,12-13H2. The molecule has 0 aromatic heterocycles. The zero-order valence-corrected chi connectivity index (χ0v) is 14.5. The predicted molar refractivity (Wildman–Crippen MR) is 92.1 cm³/mol. The van der Waals surface area contributed by atoms with Gasteiger partial charge in [-0.25, -0.2) is 8.42 Å². The van der Waals surface area contributed by atoms with Crippen molar-refractivity contribution in [3.05, 3.63) is 64.7 Å². The summed E-state index contributed by atoms with van der Waals surface area (Å²) >= 11 is -1.30.